The molecule has 0 saturated carbocycles. The van der Waals surface area contributed by atoms with Crippen LogP contribution in [-0.4, -0.2) is 40.6 Å². The molecule has 0 saturated heterocycles. The number of ether oxygens (including phenoxy) is 2. The molecule has 0 aromatic rings. The number of rotatable bonds is 16. The monoisotopic (exact) mass is 424 g/mol. The summed E-state index contributed by atoms with van der Waals surface area (Å²) in [7, 11) is 0. The second-order valence-electron chi connectivity index (χ2n) is 8.33. The number of Topliss-reactive ketones (excluding diaryl/α,β-unsaturated/α-hetero) is 1. The maximum atomic E-state index is 12.8. The van der Waals surface area contributed by atoms with E-state index in [1.54, 1.807) is 0 Å². The molecule has 0 bridgehead atoms. The van der Waals surface area contributed by atoms with E-state index in [1.165, 1.54) is 77.4 Å². The largest absolute Gasteiger partial charge is 0.455 e. The molecule has 0 fully saturated rings. The second-order valence-corrected chi connectivity index (χ2v) is 8.33. The summed E-state index contributed by atoms with van der Waals surface area (Å²) in [6.07, 6.45) is 14.9. The molecule has 0 aromatic carbocycles. The van der Waals surface area contributed by atoms with Crippen molar-refractivity contribution in [3.8, 4) is 0 Å². The molecule has 0 spiro atoms. The molecule has 1 aliphatic carbocycles. The maximum Gasteiger partial charge on any atom is 0.303 e. The lowest BCUT2D eigenvalue weighted by atomic mass is 9.87. The van der Waals surface area contributed by atoms with Crippen molar-refractivity contribution in [2.45, 2.75) is 122 Å². The quantitative estimate of drug-likeness (QED) is 0.217. The van der Waals surface area contributed by atoms with Crippen molar-refractivity contribution in [2.24, 2.45) is 0 Å². The number of unbranched alkanes of at least 4 members (excludes halogenated alkanes) is 11. The third-order valence-corrected chi connectivity index (χ3v) is 5.62. The molecular weight excluding hydrogens is 384 g/mol. The zero-order valence-electron chi connectivity index (χ0n) is 19.0. The Balaban J connectivity index is 2.30. The molecule has 0 heterocycles. The SMILES string of the molecule is CCCCCCCCCCCCCCC(=O)C1(O)C(OC(C)=O)C=C[C@H]1OC(C)=O. The molecule has 6 heteroatoms. The lowest BCUT2D eigenvalue weighted by Gasteiger charge is -2.32. The predicted octanol–water partition coefficient (Wildman–Crippen LogP) is 4.81. The van der Waals surface area contributed by atoms with Crippen molar-refractivity contribution in [3.05, 3.63) is 12.2 Å². The van der Waals surface area contributed by atoms with Crippen LogP contribution in [0.15, 0.2) is 12.2 Å². The van der Waals surface area contributed by atoms with Gasteiger partial charge in [-0.25, -0.2) is 0 Å². The lowest BCUT2D eigenvalue weighted by molar-refractivity contribution is -0.180. The molecule has 3 atom stereocenters. The number of ketones is 1. The highest BCUT2D eigenvalue weighted by molar-refractivity contribution is 5.90. The average Bonchev–Trinajstić information content (AvgIpc) is 2.98. The number of hydrogen-bond acceptors (Lipinski definition) is 6. The summed E-state index contributed by atoms with van der Waals surface area (Å²) in [6, 6.07) is 0. The standard InChI is InChI=1S/C24H40O6/c1-4-5-6-7-8-9-10-11-12-13-14-15-16-21(27)24(28)22(29-19(2)25)17-18-23(24)30-20(3)26/h17-18,22-23,28H,4-16H2,1-3H3/t22-,23?,24?/m1/s1. The average molecular weight is 425 g/mol. The molecule has 1 N–H and O–H groups in total. The van der Waals surface area contributed by atoms with Crippen molar-refractivity contribution in [1.82, 2.24) is 0 Å². The topological polar surface area (TPSA) is 89.9 Å². The Kier molecular flexibility index (Phi) is 12.6. The fourth-order valence-electron chi connectivity index (χ4n) is 3.92. The van der Waals surface area contributed by atoms with Crippen LogP contribution in [0.5, 0.6) is 0 Å². The molecule has 30 heavy (non-hydrogen) atoms. The van der Waals surface area contributed by atoms with E-state index in [2.05, 4.69) is 6.92 Å². The molecule has 0 amide bonds. The van der Waals surface area contributed by atoms with Crippen LogP contribution >= 0.6 is 0 Å². The smallest absolute Gasteiger partial charge is 0.303 e. The summed E-state index contributed by atoms with van der Waals surface area (Å²) in [5.74, 6) is -1.67. The van der Waals surface area contributed by atoms with Gasteiger partial charge >= 0.3 is 11.9 Å². The van der Waals surface area contributed by atoms with Gasteiger partial charge in [0, 0.05) is 20.3 Å². The Labute approximate surface area is 181 Å². The van der Waals surface area contributed by atoms with E-state index in [0.717, 1.165) is 19.3 Å². The van der Waals surface area contributed by atoms with Gasteiger partial charge in [0.25, 0.3) is 0 Å². The van der Waals surface area contributed by atoms with Crippen LogP contribution in [-0.2, 0) is 23.9 Å². The zero-order chi connectivity index (χ0) is 22.4. The predicted molar refractivity (Wildman–Crippen MR) is 116 cm³/mol. The van der Waals surface area contributed by atoms with Crippen LogP contribution in [0.2, 0.25) is 0 Å². The number of esters is 2. The van der Waals surface area contributed by atoms with Crippen LogP contribution in [0.25, 0.3) is 0 Å². The summed E-state index contributed by atoms with van der Waals surface area (Å²) >= 11 is 0. The summed E-state index contributed by atoms with van der Waals surface area (Å²) in [6.45, 7) is 4.65. The van der Waals surface area contributed by atoms with E-state index in [-0.39, 0.29) is 6.42 Å². The number of carbonyl (C=O) groups is 3. The van der Waals surface area contributed by atoms with E-state index in [0.29, 0.717) is 6.42 Å². The Morgan fingerprint density at radius 3 is 1.47 bits per heavy atom. The van der Waals surface area contributed by atoms with E-state index in [9.17, 15) is 19.5 Å². The Hall–Kier alpha value is -1.69. The van der Waals surface area contributed by atoms with Gasteiger partial charge in [0.1, 0.15) is 0 Å². The molecule has 172 valence electrons. The van der Waals surface area contributed by atoms with Crippen LogP contribution in [0.4, 0.5) is 0 Å². The van der Waals surface area contributed by atoms with E-state index in [1.807, 2.05) is 0 Å². The highest BCUT2D eigenvalue weighted by Gasteiger charge is 2.55. The fraction of sp³-hybridized carbons (Fsp3) is 0.792. The highest BCUT2D eigenvalue weighted by Crippen LogP contribution is 2.32. The van der Waals surface area contributed by atoms with Crippen molar-refractivity contribution in [1.29, 1.82) is 0 Å². The van der Waals surface area contributed by atoms with Gasteiger partial charge in [-0.05, 0) is 18.6 Å². The molecule has 1 rings (SSSR count). The second kappa shape index (κ2) is 14.3. The first-order chi connectivity index (χ1) is 14.3. The van der Waals surface area contributed by atoms with Gasteiger partial charge in [0.2, 0.25) is 5.60 Å². The van der Waals surface area contributed by atoms with Crippen LogP contribution in [0.1, 0.15) is 104 Å². The Morgan fingerprint density at radius 2 is 1.10 bits per heavy atom. The third kappa shape index (κ3) is 8.99. The number of carbonyl (C=O) groups excluding carboxylic acids is 3. The normalized spacial score (nSPS) is 22.8. The van der Waals surface area contributed by atoms with Gasteiger partial charge in [0.05, 0.1) is 0 Å². The van der Waals surface area contributed by atoms with Gasteiger partial charge in [-0.1, -0.05) is 77.6 Å². The Bertz CT molecular complexity index is 542. The minimum absolute atomic E-state index is 0.158. The van der Waals surface area contributed by atoms with Gasteiger partial charge < -0.3 is 14.6 Å². The first-order valence-corrected chi connectivity index (χ1v) is 11.6. The molecule has 1 aliphatic rings. The number of aliphatic hydroxyl groups is 1. The summed E-state index contributed by atoms with van der Waals surface area (Å²) in [4.78, 5) is 35.4. The van der Waals surface area contributed by atoms with Crippen LogP contribution in [0, 0.1) is 0 Å². The first kappa shape index (κ1) is 26.3. The number of hydrogen-bond donors (Lipinski definition) is 1. The first-order valence-electron chi connectivity index (χ1n) is 11.6. The van der Waals surface area contributed by atoms with Gasteiger partial charge in [-0.2, -0.15) is 0 Å². The summed E-state index contributed by atoms with van der Waals surface area (Å²) in [5.41, 5.74) is -2.05. The van der Waals surface area contributed by atoms with Gasteiger partial charge in [-0.3, -0.25) is 14.4 Å². The van der Waals surface area contributed by atoms with Crippen molar-refractivity contribution in [2.75, 3.05) is 0 Å². The molecule has 0 radical (unpaired) electrons. The molecule has 6 nitrogen and oxygen atoms in total. The van der Waals surface area contributed by atoms with E-state index in [4.69, 9.17) is 9.47 Å². The highest BCUT2D eigenvalue weighted by atomic mass is 16.6. The summed E-state index contributed by atoms with van der Waals surface area (Å²) < 4.78 is 10.2. The molecular formula is C24H40O6. The van der Waals surface area contributed by atoms with Crippen LogP contribution in [0.3, 0.4) is 0 Å². The Morgan fingerprint density at radius 1 is 0.733 bits per heavy atom. The van der Waals surface area contributed by atoms with E-state index < -0.39 is 35.5 Å². The fourth-order valence-corrected chi connectivity index (χ4v) is 3.92. The molecule has 0 aromatic heterocycles. The van der Waals surface area contributed by atoms with Crippen LogP contribution < -0.4 is 0 Å². The summed E-state index contributed by atoms with van der Waals surface area (Å²) in [5, 5.41) is 11.0. The molecule has 2 unspecified atom stereocenters. The van der Waals surface area contributed by atoms with Crippen molar-refractivity contribution < 1.29 is 29.0 Å². The maximum absolute atomic E-state index is 12.8. The van der Waals surface area contributed by atoms with Gasteiger partial charge in [-0.15, -0.1) is 0 Å². The van der Waals surface area contributed by atoms with Gasteiger partial charge in [0.15, 0.2) is 18.0 Å². The van der Waals surface area contributed by atoms with E-state index >= 15 is 0 Å². The minimum Gasteiger partial charge on any atom is -0.455 e. The lowest BCUT2D eigenvalue weighted by Crippen LogP contribution is -2.56. The molecule has 0 aliphatic heterocycles. The zero-order valence-corrected chi connectivity index (χ0v) is 19.0. The van der Waals surface area contributed by atoms with Crippen molar-refractivity contribution in [3.63, 3.8) is 0 Å². The minimum atomic E-state index is -2.05. The third-order valence-electron chi connectivity index (χ3n) is 5.62. The van der Waals surface area contributed by atoms with Crippen molar-refractivity contribution >= 4 is 17.7 Å².